The Kier molecular flexibility index (Phi) is 4.41. The number of benzene rings is 2. The summed E-state index contributed by atoms with van der Waals surface area (Å²) in [5.41, 5.74) is 2.78. The molecule has 5 heteroatoms. The number of carbonyl (C=O) groups excluding carboxylic acids is 1. The Labute approximate surface area is 136 Å². The molecular formula is C18H17NO3S. The summed E-state index contributed by atoms with van der Waals surface area (Å²) in [5, 5.41) is 1.17. The summed E-state index contributed by atoms with van der Waals surface area (Å²) in [5.74, 6) is 0. The lowest BCUT2D eigenvalue weighted by atomic mass is 9.97. The van der Waals surface area contributed by atoms with Crippen molar-refractivity contribution in [3.63, 3.8) is 0 Å². The smallest absolute Gasteiger partial charge is 0.237 e. The van der Waals surface area contributed by atoms with Crippen molar-refractivity contribution in [2.45, 2.75) is 19.0 Å². The second-order valence-electron chi connectivity index (χ2n) is 5.48. The minimum Gasteiger partial charge on any atom is -0.302 e. The molecule has 0 bridgehead atoms. The third-order valence-electron chi connectivity index (χ3n) is 3.96. The summed E-state index contributed by atoms with van der Waals surface area (Å²) in [4.78, 5) is 11.4. The third kappa shape index (κ3) is 3.41. The Hall–Kier alpha value is -2.24. The molecule has 1 unspecified atom stereocenters. The van der Waals surface area contributed by atoms with Gasteiger partial charge in [-0.2, -0.15) is 4.31 Å². The van der Waals surface area contributed by atoms with Crippen LogP contribution < -0.4 is 0 Å². The lowest BCUT2D eigenvalue weighted by molar-refractivity contribution is -0.111. The minimum absolute atomic E-state index is 0.223. The van der Waals surface area contributed by atoms with Crippen molar-refractivity contribution in [1.82, 2.24) is 4.31 Å². The molecule has 0 saturated carbocycles. The van der Waals surface area contributed by atoms with Gasteiger partial charge in [0, 0.05) is 12.0 Å². The van der Waals surface area contributed by atoms with Crippen LogP contribution >= 0.6 is 0 Å². The van der Waals surface area contributed by atoms with Gasteiger partial charge in [0.25, 0.3) is 0 Å². The molecule has 0 radical (unpaired) electrons. The summed E-state index contributed by atoms with van der Waals surface area (Å²) < 4.78 is 26.5. The fraction of sp³-hybridized carbons (Fsp3) is 0.167. The quantitative estimate of drug-likeness (QED) is 0.811. The Morgan fingerprint density at radius 3 is 2.30 bits per heavy atom. The average molecular weight is 327 g/mol. The van der Waals surface area contributed by atoms with Crippen LogP contribution in [0.2, 0.25) is 0 Å². The molecule has 0 N–H and O–H groups in total. The van der Waals surface area contributed by atoms with Crippen LogP contribution in [0.5, 0.6) is 0 Å². The highest BCUT2D eigenvalue weighted by Crippen LogP contribution is 2.25. The largest absolute Gasteiger partial charge is 0.302 e. The van der Waals surface area contributed by atoms with Gasteiger partial charge in [-0.05, 0) is 29.2 Å². The first kappa shape index (κ1) is 15.6. The Bertz CT molecular complexity index is 828. The maximum Gasteiger partial charge on any atom is 0.237 e. The van der Waals surface area contributed by atoms with E-state index in [4.69, 9.17) is 0 Å². The SMILES string of the molecule is O=CC1Cc2ccccc2CN1S(=O)(=O)/C=C/c1ccccc1. The number of carbonyl (C=O) groups is 1. The fourth-order valence-electron chi connectivity index (χ4n) is 2.72. The number of fused-ring (bicyclic) bond motifs is 1. The van der Waals surface area contributed by atoms with E-state index in [1.54, 1.807) is 6.08 Å². The third-order valence-corrected chi connectivity index (χ3v) is 5.49. The standard InChI is InChI=1S/C18H17NO3S/c20-14-18-12-16-8-4-5-9-17(16)13-19(18)23(21,22)11-10-15-6-2-1-3-7-15/h1-11,14,18H,12-13H2/b11-10+. The van der Waals surface area contributed by atoms with Gasteiger partial charge >= 0.3 is 0 Å². The molecule has 1 atom stereocenters. The zero-order valence-corrected chi connectivity index (χ0v) is 13.3. The van der Waals surface area contributed by atoms with Crippen LogP contribution in [0.4, 0.5) is 0 Å². The van der Waals surface area contributed by atoms with Gasteiger partial charge in [-0.3, -0.25) is 0 Å². The highest BCUT2D eigenvalue weighted by molar-refractivity contribution is 7.92. The molecule has 23 heavy (non-hydrogen) atoms. The van der Waals surface area contributed by atoms with Gasteiger partial charge in [0.2, 0.25) is 10.0 Å². The molecule has 0 aromatic heterocycles. The molecule has 3 rings (SSSR count). The molecule has 0 fully saturated rings. The molecule has 0 spiro atoms. The zero-order valence-electron chi connectivity index (χ0n) is 12.5. The predicted octanol–water partition coefficient (Wildman–Crippen LogP) is 2.61. The highest BCUT2D eigenvalue weighted by atomic mass is 32.2. The van der Waals surface area contributed by atoms with Crippen LogP contribution in [0.25, 0.3) is 6.08 Å². The average Bonchev–Trinajstić information content (AvgIpc) is 2.60. The molecule has 4 nitrogen and oxygen atoms in total. The number of nitrogens with zero attached hydrogens (tertiary/aromatic N) is 1. The first-order chi connectivity index (χ1) is 11.1. The Morgan fingerprint density at radius 1 is 0.957 bits per heavy atom. The highest BCUT2D eigenvalue weighted by Gasteiger charge is 2.32. The van der Waals surface area contributed by atoms with Crippen molar-refractivity contribution in [3.05, 3.63) is 76.7 Å². The van der Waals surface area contributed by atoms with E-state index >= 15 is 0 Å². The monoisotopic (exact) mass is 327 g/mol. The van der Waals surface area contributed by atoms with Gasteiger partial charge in [0.1, 0.15) is 6.29 Å². The van der Waals surface area contributed by atoms with Gasteiger partial charge in [0.15, 0.2) is 0 Å². The summed E-state index contributed by atoms with van der Waals surface area (Å²) in [6, 6.07) is 16.2. The molecule has 1 aliphatic rings. The molecule has 1 heterocycles. The molecule has 0 amide bonds. The van der Waals surface area contributed by atoms with Crippen LogP contribution in [0.1, 0.15) is 16.7 Å². The number of hydrogen-bond donors (Lipinski definition) is 0. The van der Waals surface area contributed by atoms with Crippen LogP contribution in [0.3, 0.4) is 0 Å². The van der Waals surface area contributed by atoms with E-state index in [1.807, 2.05) is 54.6 Å². The summed E-state index contributed by atoms with van der Waals surface area (Å²) in [6.07, 6.45) is 2.68. The van der Waals surface area contributed by atoms with Gasteiger partial charge in [-0.1, -0.05) is 54.6 Å². The van der Waals surface area contributed by atoms with Crippen LogP contribution in [-0.4, -0.2) is 25.1 Å². The van der Waals surface area contributed by atoms with E-state index in [0.29, 0.717) is 12.7 Å². The number of hydrogen-bond acceptors (Lipinski definition) is 3. The molecule has 2 aromatic carbocycles. The summed E-state index contributed by atoms with van der Waals surface area (Å²) in [7, 11) is -3.66. The first-order valence-corrected chi connectivity index (χ1v) is 8.87. The van der Waals surface area contributed by atoms with Gasteiger partial charge in [-0.25, -0.2) is 8.42 Å². The number of rotatable bonds is 4. The molecule has 1 aliphatic heterocycles. The van der Waals surface area contributed by atoms with Crippen molar-refractivity contribution < 1.29 is 13.2 Å². The van der Waals surface area contributed by atoms with E-state index in [9.17, 15) is 13.2 Å². The van der Waals surface area contributed by atoms with Gasteiger partial charge < -0.3 is 4.79 Å². The van der Waals surface area contributed by atoms with Crippen molar-refractivity contribution >= 4 is 22.4 Å². The molecule has 0 saturated heterocycles. The van der Waals surface area contributed by atoms with E-state index in [2.05, 4.69) is 0 Å². The Balaban J connectivity index is 1.89. The first-order valence-electron chi connectivity index (χ1n) is 7.37. The maximum absolute atomic E-state index is 12.6. The van der Waals surface area contributed by atoms with E-state index in [0.717, 1.165) is 16.7 Å². The molecule has 2 aromatic rings. The Morgan fingerprint density at radius 2 is 1.61 bits per heavy atom. The van der Waals surface area contributed by atoms with Crippen LogP contribution in [0.15, 0.2) is 60.0 Å². The normalized spacial score (nSPS) is 18.7. The summed E-state index contributed by atoms with van der Waals surface area (Å²) in [6.45, 7) is 0.223. The van der Waals surface area contributed by atoms with Crippen molar-refractivity contribution in [1.29, 1.82) is 0 Å². The van der Waals surface area contributed by atoms with Gasteiger partial charge in [-0.15, -0.1) is 0 Å². The topological polar surface area (TPSA) is 54.5 Å². The summed E-state index contributed by atoms with van der Waals surface area (Å²) >= 11 is 0. The fourth-order valence-corrected chi connectivity index (χ4v) is 4.03. The maximum atomic E-state index is 12.6. The van der Waals surface area contributed by atoms with Crippen molar-refractivity contribution in [3.8, 4) is 0 Å². The molecular weight excluding hydrogens is 310 g/mol. The number of sulfonamides is 1. The minimum atomic E-state index is -3.66. The molecule has 0 aliphatic carbocycles. The molecule has 118 valence electrons. The lowest BCUT2D eigenvalue weighted by Gasteiger charge is -2.31. The van der Waals surface area contributed by atoms with Crippen molar-refractivity contribution in [2.24, 2.45) is 0 Å². The van der Waals surface area contributed by atoms with E-state index < -0.39 is 16.1 Å². The van der Waals surface area contributed by atoms with Crippen LogP contribution in [-0.2, 0) is 27.8 Å². The number of aldehydes is 1. The van der Waals surface area contributed by atoms with Gasteiger partial charge in [0.05, 0.1) is 6.04 Å². The van der Waals surface area contributed by atoms with E-state index in [1.165, 1.54) is 9.71 Å². The van der Waals surface area contributed by atoms with Crippen molar-refractivity contribution in [2.75, 3.05) is 0 Å². The second-order valence-corrected chi connectivity index (χ2v) is 7.25. The predicted molar refractivity (Wildman–Crippen MR) is 89.9 cm³/mol. The van der Waals surface area contributed by atoms with E-state index in [-0.39, 0.29) is 6.54 Å². The lowest BCUT2D eigenvalue weighted by Crippen LogP contribution is -2.44. The van der Waals surface area contributed by atoms with Crippen LogP contribution in [0, 0.1) is 0 Å². The second kappa shape index (κ2) is 6.48. The zero-order chi connectivity index (χ0) is 16.3.